The molecular formula is C18H22N2O2S. The SMILES string of the molecule is COc1cccc(C(=O)N2CCC(C)(c3ncc(C)s3)CC2)c1. The molecule has 4 nitrogen and oxygen atoms in total. The lowest BCUT2D eigenvalue weighted by Crippen LogP contribution is -2.43. The Labute approximate surface area is 141 Å². The van der Waals surface area contributed by atoms with E-state index in [1.165, 1.54) is 9.88 Å². The van der Waals surface area contributed by atoms with E-state index in [9.17, 15) is 4.79 Å². The van der Waals surface area contributed by atoms with Gasteiger partial charge in [-0.15, -0.1) is 11.3 Å². The molecule has 0 N–H and O–H groups in total. The van der Waals surface area contributed by atoms with Crippen molar-refractivity contribution >= 4 is 17.2 Å². The van der Waals surface area contributed by atoms with Gasteiger partial charge in [0.25, 0.3) is 5.91 Å². The van der Waals surface area contributed by atoms with Crippen molar-refractivity contribution in [3.63, 3.8) is 0 Å². The number of amides is 1. The van der Waals surface area contributed by atoms with E-state index in [1.807, 2.05) is 29.3 Å². The zero-order valence-corrected chi connectivity index (χ0v) is 14.7. The lowest BCUT2D eigenvalue weighted by atomic mass is 9.81. The zero-order chi connectivity index (χ0) is 16.4. The Kier molecular flexibility index (Phi) is 4.39. The molecule has 3 rings (SSSR count). The van der Waals surface area contributed by atoms with Crippen molar-refractivity contribution in [2.24, 2.45) is 0 Å². The van der Waals surface area contributed by atoms with Gasteiger partial charge in [0.2, 0.25) is 0 Å². The van der Waals surface area contributed by atoms with Crippen molar-refractivity contribution in [2.45, 2.75) is 32.1 Å². The van der Waals surface area contributed by atoms with Gasteiger partial charge in [-0.2, -0.15) is 0 Å². The maximum atomic E-state index is 12.7. The second-order valence-corrected chi connectivity index (χ2v) is 7.60. The highest BCUT2D eigenvalue weighted by molar-refractivity contribution is 7.11. The fraction of sp³-hybridized carbons (Fsp3) is 0.444. The Morgan fingerprint density at radius 3 is 2.70 bits per heavy atom. The first-order chi connectivity index (χ1) is 11.0. The molecule has 0 spiro atoms. The van der Waals surface area contributed by atoms with Crippen LogP contribution in [0.15, 0.2) is 30.5 Å². The summed E-state index contributed by atoms with van der Waals surface area (Å²) in [5.74, 6) is 0.803. The number of methoxy groups -OCH3 is 1. The summed E-state index contributed by atoms with van der Waals surface area (Å²) in [6, 6.07) is 7.37. The van der Waals surface area contributed by atoms with Gasteiger partial charge in [0.05, 0.1) is 12.1 Å². The van der Waals surface area contributed by atoms with Crippen LogP contribution in [0.1, 0.15) is 40.0 Å². The normalized spacial score (nSPS) is 17.1. The molecule has 1 amide bonds. The third-order valence-electron chi connectivity index (χ3n) is 4.61. The maximum Gasteiger partial charge on any atom is 0.253 e. The number of rotatable bonds is 3. The van der Waals surface area contributed by atoms with E-state index in [2.05, 4.69) is 18.8 Å². The van der Waals surface area contributed by atoms with Crippen molar-refractivity contribution in [1.29, 1.82) is 0 Å². The van der Waals surface area contributed by atoms with E-state index in [4.69, 9.17) is 4.74 Å². The number of hydrogen-bond acceptors (Lipinski definition) is 4. The minimum Gasteiger partial charge on any atom is -0.497 e. The monoisotopic (exact) mass is 330 g/mol. The number of nitrogens with zero attached hydrogens (tertiary/aromatic N) is 2. The van der Waals surface area contributed by atoms with E-state index < -0.39 is 0 Å². The third kappa shape index (κ3) is 3.24. The van der Waals surface area contributed by atoms with Crippen LogP contribution in [0, 0.1) is 6.92 Å². The van der Waals surface area contributed by atoms with E-state index >= 15 is 0 Å². The molecule has 1 saturated heterocycles. The summed E-state index contributed by atoms with van der Waals surface area (Å²) in [5, 5.41) is 1.20. The predicted molar refractivity (Wildman–Crippen MR) is 92.3 cm³/mol. The summed E-state index contributed by atoms with van der Waals surface area (Å²) in [6.45, 7) is 5.89. The van der Waals surface area contributed by atoms with Crippen LogP contribution >= 0.6 is 11.3 Å². The van der Waals surface area contributed by atoms with Crippen molar-refractivity contribution < 1.29 is 9.53 Å². The van der Waals surface area contributed by atoms with Crippen LogP contribution in [0.3, 0.4) is 0 Å². The van der Waals surface area contributed by atoms with Gasteiger partial charge in [0, 0.05) is 35.1 Å². The van der Waals surface area contributed by atoms with Crippen LogP contribution in [-0.4, -0.2) is 36.0 Å². The van der Waals surface area contributed by atoms with Crippen LogP contribution in [-0.2, 0) is 5.41 Å². The number of benzene rings is 1. The molecule has 1 aromatic heterocycles. The van der Waals surface area contributed by atoms with E-state index in [0.717, 1.165) is 31.7 Å². The summed E-state index contributed by atoms with van der Waals surface area (Å²) in [5.41, 5.74) is 0.780. The molecule has 0 aliphatic carbocycles. The Morgan fingerprint density at radius 1 is 1.35 bits per heavy atom. The summed E-state index contributed by atoms with van der Waals surface area (Å²) >= 11 is 1.77. The maximum absolute atomic E-state index is 12.7. The molecule has 2 aromatic rings. The molecule has 0 unspecified atom stereocenters. The van der Waals surface area contributed by atoms with Gasteiger partial charge in [0.1, 0.15) is 5.75 Å². The lowest BCUT2D eigenvalue weighted by molar-refractivity contribution is 0.0675. The summed E-state index contributed by atoms with van der Waals surface area (Å²) in [6.07, 6.45) is 3.85. The van der Waals surface area contributed by atoms with Gasteiger partial charge in [-0.1, -0.05) is 13.0 Å². The topological polar surface area (TPSA) is 42.4 Å². The lowest BCUT2D eigenvalue weighted by Gasteiger charge is -2.38. The van der Waals surface area contributed by atoms with Gasteiger partial charge < -0.3 is 9.64 Å². The van der Waals surface area contributed by atoms with Gasteiger partial charge in [-0.05, 0) is 38.0 Å². The molecule has 5 heteroatoms. The van der Waals surface area contributed by atoms with E-state index in [-0.39, 0.29) is 11.3 Å². The molecule has 1 aliphatic rings. The van der Waals surface area contributed by atoms with Gasteiger partial charge in [0.15, 0.2) is 0 Å². The smallest absolute Gasteiger partial charge is 0.253 e. The first-order valence-electron chi connectivity index (χ1n) is 7.88. The van der Waals surface area contributed by atoms with Crippen molar-refractivity contribution in [3.05, 3.63) is 45.9 Å². The molecule has 1 fully saturated rings. The van der Waals surface area contributed by atoms with Crippen molar-refractivity contribution in [3.8, 4) is 5.75 Å². The second-order valence-electron chi connectivity index (χ2n) is 6.36. The molecule has 2 heterocycles. The Bertz CT molecular complexity index is 703. The fourth-order valence-corrected chi connectivity index (χ4v) is 3.96. The average Bonchev–Trinajstić information content (AvgIpc) is 3.02. The van der Waals surface area contributed by atoms with Crippen LogP contribution < -0.4 is 4.74 Å². The average molecular weight is 330 g/mol. The van der Waals surface area contributed by atoms with Crippen molar-refractivity contribution in [1.82, 2.24) is 9.88 Å². The molecule has 1 aromatic carbocycles. The zero-order valence-electron chi connectivity index (χ0n) is 13.8. The van der Waals surface area contributed by atoms with Gasteiger partial charge >= 0.3 is 0 Å². The molecule has 0 radical (unpaired) electrons. The number of likely N-dealkylation sites (tertiary alicyclic amines) is 1. The number of carbonyl (C=O) groups excluding carboxylic acids is 1. The molecular weight excluding hydrogens is 308 g/mol. The first-order valence-corrected chi connectivity index (χ1v) is 8.70. The largest absolute Gasteiger partial charge is 0.497 e. The molecule has 1 aliphatic heterocycles. The summed E-state index contributed by atoms with van der Waals surface area (Å²) in [7, 11) is 1.62. The Morgan fingerprint density at radius 2 is 2.09 bits per heavy atom. The van der Waals surface area contributed by atoms with Crippen LogP contribution in [0.5, 0.6) is 5.75 Å². The number of ether oxygens (including phenoxy) is 1. The predicted octanol–water partition coefficient (Wildman–Crippen LogP) is 3.65. The van der Waals surface area contributed by atoms with Gasteiger partial charge in [-0.3, -0.25) is 4.79 Å². The molecule has 122 valence electrons. The van der Waals surface area contributed by atoms with Crippen molar-refractivity contribution in [2.75, 3.05) is 20.2 Å². The highest BCUT2D eigenvalue weighted by Gasteiger charge is 2.35. The standard InChI is InChI=1S/C18H22N2O2S/c1-13-12-19-17(23-13)18(2)7-9-20(10-8-18)16(21)14-5-4-6-15(11-14)22-3/h4-6,11-12H,7-10H2,1-3H3. The molecule has 0 saturated carbocycles. The first kappa shape index (κ1) is 16.0. The highest BCUT2D eigenvalue weighted by atomic mass is 32.1. The molecule has 0 bridgehead atoms. The highest BCUT2D eigenvalue weighted by Crippen LogP contribution is 2.37. The van der Waals surface area contributed by atoms with Crippen LogP contribution in [0.2, 0.25) is 0 Å². The number of hydrogen-bond donors (Lipinski definition) is 0. The van der Waals surface area contributed by atoms with E-state index in [0.29, 0.717) is 5.56 Å². The summed E-state index contributed by atoms with van der Waals surface area (Å²) < 4.78 is 5.21. The number of aryl methyl sites for hydroxylation is 1. The second kappa shape index (κ2) is 6.32. The Balaban J connectivity index is 1.69. The minimum atomic E-state index is 0.0845. The van der Waals surface area contributed by atoms with Crippen LogP contribution in [0.25, 0.3) is 0 Å². The van der Waals surface area contributed by atoms with Gasteiger partial charge in [-0.25, -0.2) is 4.98 Å². The number of piperidine rings is 1. The minimum absolute atomic E-state index is 0.0845. The number of aromatic nitrogens is 1. The quantitative estimate of drug-likeness (QED) is 0.862. The third-order valence-corrected chi connectivity index (χ3v) is 5.83. The Hall–Kier alpha value is -1.88. The molecule has 23 heavy (non-hydrogen) atoms. The fourth-order valence-electron chi connectivity index (χ4n) is 2.99. The number of thiazole rings is 1. The van der Waals surface area contributed by atoms with Crippen LogP contribution in [0.4, 0.5) is 0 Å². The van der Waals surface area contributed by atoms with E-state index in [1.54, 1.807) is 24.5 Å². The number of carbonyl (C=O) groups is 1. The summed E-state index contributed by atoms with van der Waals surface area (Å²) in [4.78, 5) is 20.4. The molecule has 0 atom stereocenters.